The fraction of sp³-hybridized carbons (Fsp3) is 0.200. The molecule has 0 saturated carbocycles. The first-order valence-corrected chi connectivity index (χ1v) is 2.88. The minimum absolute atomic E-state index is 0.000880. The van der Waals surface area contributed by atoms with Crippen LogP contribution in [0.2, 0.25) is 0 Å². The fourth-order valence-corrected chi connectivity index (χ4v) is 0.569. The van der Waals surface area contributed by atoms with Gasteiger partial charge in [0.05, 0.1) is 6.61 Å². The molecule has 0 bridgehead atoms. The van der Waals surface area contributed by atoms with Crippen LogP contribution in [-0.2, 0) is 6.61 Å². The number of nitrogens with zero attached hydrogens (tertiary/aromatic N) is 1. The van der Waals surface area contributed by atoms with E-state index in [2.05, 4.69) is 22.2 Å². The Labute approximate surface area is 57.4 Å². The van der Waals surface area contributed by atoms with Gasteiger partial charge in [-0.15, -0.1) is 0 Å². The highest BCUT2D eigenvalue weighted by Gasteiger charge is 1.85. The zero-order chi connectivity index (χ0) is 6.69. The molecule has 0 aromatic carbocycles. The molecule has 0 aliphatic heterocycles. The van der Waals surface area contributed by atoms with Gasteiger partial charge in [-0.25, -0.2) is 4.98 Å². The van der Waals surface area contributed by atoms with E-state index in [0.29, 0.717) is 4.77 Å². The number of H-pyrrole nitrogens is 1. The summed E-state index contributed by atoms with van der Waals surface area (Å²) < 4.78 is 0.437. The Bertz CT molecular complexity index is 224. The van der Waals surface area contributed by atoms with Crippen LogP contribution >= 0.6 is 12.2 Å². The van der Waals surface area contributed by atoms with Crippen molar-refractivity contribution in [3.8, 4) is 0 Å². The minimum atomic E-state index is -0.000880. The summed E-state index contributed by atoms with van der Waals surface area (Å²) in [6, 6.07) is 0. The van der Waals surface area contributed by atoms with Crippen LogP contribution in [0.5, 0.6) is 0 Å². The molecule has 1 rings (SSSR count). The van der Waals surface area contributed by atoms with Gasteiger partial charge in [0.2, 0.25) is 0 Å². The van der Waals surface area contributed by atoms with Gasteiger partial charge in [0, 0.05) is 18.0 Å². The molecule has 0 spiro atoms. The average Bonchev–Trinajstić information content (AvgIpc) is 1.90. The monoisotopic (exact) mass is 142 g/mol. The zero-order valence-electron chi connectivity index (χ0n) is 4.66. The van der Waals surface area contributed by atoms with Crippen LogP contribution in [0.15, 0.2) is 12.4 Å². The van der Waals surface area contributed by atoms with Gasteiger partial charge >= 0.3 is 0 Å². The maximum absolute atomic E-state index is 8.53. The number of aliphatic hydroxyl groups is 1. The normalized spacial score (nSPS) is 9.44. The van der Waals surface area contributed by atoms with Gasteiger partial charge in [-0.05, 0) is 12.2 Å². The van der Waals surface area contributed by atoms with E-state index in [-0.39, 0.29) is 6.61 Å². The summed E-state index contributed by atoms with van der Waals surface area (Å²) in [5, 5.41) is 8.53. The third-order valence-corrected chi connectivity index (χ3v) is 1.13. The van der Waals surface area contributed by atoms with Crippen molar-refractivity contribution in [1.82, 2.24) is 9.97 Å². The molecule has 2 N–H and O–H groups in total. The number of hydrogen-bond acceptors (Lipinski definition) is 3. The maximum atomic E-state index is 8.53. The van der Waals surface area contributed by atoms with Crippen molar-refractivity contribution in [2.75, 3.05) is 0 Å². The standard InChI is InChI=1S/C5H6N2OS/c8-3-4-1-6-5(9)7-2-4/h1-2,8H,3H2,(H,6,7,9). The van der Waals surface area contributed by atoms with Gasteiger partial charge in [0.15, 0.2) is 4.77 Å². The van der Waals surface area contributed by atoms with Crippen LogP contribution in [0.25, 0.3) is 0 Å². The van der Waals surface area contributed by atoms with E-state index in [9.17, 15) is 0 Å². The molecule has 1 aromatic rings. The second kappa shape index (κ2) is 2.70. The zero-order valence-corrected chi connectivity index (χ0v) is 5.48. The lowest BCUT2D eigenvalue weighted by atomic mass is 10.4. The smallest absolute Gasteiger partial charge is 0.196 e. The Morgan fingerprint density at radius 3 is 3.00 bits per heavy atom. The fourth-order valence-electron chi connectivity index (χ4n) is 0.457. The van der Waals surface area contributed by atoms with E-state index in [1.807, 2.05) is 0 Å². The van der Waals surface area contributed by atoms with E-state index in [1.165, 1.54) is 0 Å². The molecule has 0 amide bonds. The lowest BCUT2D eigenvalue weighted by Crippen LogP contribution is -1.86. The largest absolute Gasteiger partial charge is 0.392 e. The number of aromatic nitrogens is 2. The van der Waals surface area contributed by atoms with Gasteiger partial charge < -0.3 is 10.1 Å². The number of rotatable bonds is 1. The molecular weight excluding hydrogens is 136 g/mol. The summed E-state index contributed by atoms with van der Waals surface area (Å²) in [7, 11) is 0. The minimum Gasteiger partial charge on any atom is -0.392 e. The number of hydrogen-bond donors (Lipinski definition) is 2. The van der Waals surface area contributed by atoms with Crippen LogP contribution in [0, 0.1) is 4.77 Å². The Morgan fingerprint density at radius 1 is 1.78 bits per heavy atom. The van der Waals surface area contributed by atoms with Gasteiger partial charge in [-0.1, -0.05) is 0 Å². The topological polar surface area (TPSA) is 48.9 Å². The molecule has 0 atom stereocenters. The Balaban J connectivity index is 3.02. The highest BCUT2D eigenvalue weighted by Crippen LogP contribution is 1.90. The maximum Gasteiger partial charge on any atom is 0.196 e. The molecule has 0 saturated heterocycles. The van der Waals surface area contributed by atoms with Crippen LogP contribution in [0.3, 0.4) is 0 Å². The highest BCUT2D eigenvalue weighted by molar-refractivity contribution is 7.71. The second-order valence-corrected chi connectivity index (χ2v) is 1.97. The molecule has 0 radical (unpaired) electrons. The molecule has 9 heavy (non-hydrogen) atoms. The molecule has 1 aromatic heterocycles. The molecular formula is C5H6N2OS. The lowest BCUT2D eigenvalue weighted by molar-refractivity contribution is 0.281. The SMILES string of the molecule is OCc1cnc(=S)[nH]c1. The molecule has 0 fully saturated rings. The first kappa shape index (κ1) is 6.38. The summed E-state index contributed by atoms with van der Waals surface area (Å²) in [4.78, 5) is 6.44. The van der Waals surface area contributed by atoms with E-state index >= 15 is 0 Å². The van der Waals surface area contributed by atoms with Crippen molar-refractivity contribution < 1.29 is 5.11 Å². The summed E-state index contributed by atoms with van der Waals surface area (Å²) in [5.41, 5.74) is 0.739. The second-order valence-electron chi connectivity index (χ2n) is 1.59. The predicted octanol–water partition coefficient (Wildman–Crippen LogP) is 0.631. The quantitative estimate of drug-likeness (QED) is 0.565. The van der Waals surface area contributed by atoms with Crippen LogP contribution in [0.4, 0.5) is 0 Å². The third-order valence-electron chi connectivity index (χ3n) is 0.911. The van der Waals surface area contributed by atoms with E-state index in [1.54, 1.807) is 12.4 Å². The molecule has 0 aliphatic rings. The van der Waals surface area contributed by atoms with E-state index in [0.717, 1.165) is 5.56 Å². The number of aromatic amines is 1. The summed E-state index contributed by atoms with van der Waals surface area (Å²) in [6.07, 6.45) is 3.17. The van der Waals surface area contributed by atoms with Crippen molar-refractivity contribution in [3.63, 3.8) is 0 Å². The molecule has 4 heteroatoms. The molecule has 1 heterocycles. The lowest BCUT2D eigenvalue weighted by Gasteiger charge is -1.90. The van der Waals surface area contributed by atoms with Crippen molar-refractivity contribution in [3.05, 3.63) is 22.7 Å². The van der Waals surface area contributed by atoms with Crippen molar-refractivity contribution >= 4 is 12.2 Å². The first-order chi connectivity index (χ1) is 4.33. The first-order valence-electron chi connectivity index (χ1n) is 2.47. The van der Waals surface area contributed by atoms with Gasteiger partial charge in [0.25, 0.3) is 0 Å². The van der Waals surface area contributed by atoms with Crippen LogP contribution in [-0.4, -0.2) is 15.1 Å². The Hall–Kier alpha value is -0.740. The summed E-state index contributed by atoms with van der Waals surface area (Å²) >= 11 is 4.67. The van der Waals surface area contributed by atoms with Crippen LogP contribution in [0.1, 0.15) is 5.56 Å². The van der Waals surface area contributed by atoms with E-state index in [4.69, 9.17) is 5.11 Å². The Morgan fingerprint density at radius 2 is 2.56 bits per heavy atom. The number of aliphatic hydroxyl groups excluding tert-OH is 1. The highest BCUT2D eigenvalue weighted by atomic mass is 32.1. The van der Waals surface area contributed by atoms with Gasteiger partial charge in [-0.3, -0.25) is 0 Å². The van der Waals surface area contributed by atoms with Gasteiger partial charge in [0.1, 0.15) is 0 Å². The summed E-state index contributed by atoms with van der Waals surface area (Å²) in [5.74, 6) is 0. The average molecular weight is 142 g/mol. The van der Waals surface area contributed by atoms with Crippen molar-refractivity contribution in [1.29, 1.82) is 0 Å². The predicted molar refractivity (Wildman–Crippen MR) is 35.3 cm³/mol. The Kier molecular flexibility index (Phi) is 1.92. The molecule has 48 valence electrons. The molecule has 0 aliphatic carbocycles. The number of nitrogens with one attached hydrogen (secondary N) is 1. The summed E-state index contributed by atoms with van der Waals surface area (Å²) in [6.45, 7) is -0.000880. The van der Waals surface area contributed by atoms with Crippen LogP contribution < -0.4 is 0 Å². The van der Waals surface area contributed by atoms with Crippen molar-refractivity contribution in [2.45, 2.75) is 6.61 Å². The van der Waals surface area contributed by atoms with Gasteiger partial charge in [-0.2, -0.15) is 0 Å². The molecule has 3 nitrogen and oxygen atoms in total. The molecule has 0 unspecified atom stereocenters. The van der Waals surface area contributed by atoms with E-state index < -0.39 is 0 Å². The third kappa shape index (κ3) is 1.58. The van der Waals surface area contributed by atoms with Crippen molar-refractivity contribution in [2.24, 2.45) is 0 Å².